The molecule has 3 aromatic rings. The van der Waals surface area contributed by atoms with Crippen LogP contribution in [0.5, 0.6) is 5.75 Å². The van der Waals surface area contributed by atoms with Crippen molar-refractivity contribution in [3.05, 3.63) is 71.9 Å². The van der Waals surface area contributed by atoms with Gasteiger partial charge in [-0.3, -0.25) is 0 Å². The maximum atomic E-state index is 12.8. The van der Waals surface area contributed by atoms with Gasteiger partial charge in [0.15, 0.2) is 6.61 Å². The minimum atomic E-state index is -0.244. The molecule has 0 aliphatic rings. The molecule has 6 heteroatoms. The standard InChI is InChI=1S/C16H13FN2O2S/c17-13-8-6-12(7-9-13)11-22-16-19-18-15(21-16)10-20-14-4-2-1-3-5-14/h1-9H,10-11H2. The van der Waals surface area contributed by atoms with Crippen molar-refractivity contribution in [3.8, 4) is 5.75 Å². The van der Waals surface area contributed by atoms with E-state index in [-0.39, 0.29) is 12.4 Å². The zero-order valence-corrected chi connectivity index (χ0v) is 12.4. The van der Waals surface area contributed by atoms with Crippen LogP contribution < -0.4 is 4.74 Å². The number of thioether (sulfide) groups is 1. The summed E-state index contributed by atoms with van der Waals surface area (Å²) < 4.78 is 23.8. The molecule has 0 saturated heterocycles. The van der Waals surface area contributed by atoms with Crippen LogP contribution in [0.15, 0.2) is 64.2 Å². The molecule has 0 radical (unpaired) electrons. The predicted octanol–water partition coefficient (Wildman–Crippen LogP) is 4.08. The molecule has 22 heavy (non-hydrogen) atoms. The lowest BCUT2D eigenvalue weighted by Crippen LogP contribution is -1.95. The van der Waals surface area contributed by atoms with Crippen LogP contribution in [0.3, 0.4) is 0 Å². The number of ether oxygens (including phenoxy) is 1. The summed E-state index contributed by atoms with van der Waals surface area (Å²) in [5.41, 5.74) is 0.992. The number of benzene rings is 2. The van der Waals surface area contributed by atoms with Gasteiger partial charge < -0.3 is 9.15 Å². The molecule has 0 fully saturated rings. The molecule has 1 heterocycles. The van der Waals surface area contributed by atoms with E-state index in [9.17, 15) is 4.39 Å². The van der Waals surface area contributed by atoms with Crippen molar-refractivity contribution < 1.29 is 13.5 Å². The summed E-state index contributed by atoms with van der Waals surface area (Å²) in [6, 6.07) is 15.8. The number of aromatic nitrogens is 2. The van der Waals surface area contributed by atoms with Crippen molar-refractivity contribution in [2.24, 2.45) is 0 Å². The van der Waals surface area contributed by atoms with Gasteiger partial charge in [-0.15, -0.1) is 10.2 Å². The average molecular weight is 316 g/mol. The van der Waals surface area contributed by atoms with Crippen LogP contribution in [-0.2, 0) is 12.4 Å². The van der Waals surface area contributed by atoms with Crippen molar-refractivity contribution in [1.82, 2.24) is 10.2 Å². The number of halogens is 1. The maximum Gasteiger partial charge on any atom is 0.277 e. The lowest BCUT2D eigenvalue weighted by Gasteiger charge is -2.01. The minimum absolute atomic E-state index is 0.230. The summed E-state index contributed by atoms with van der Waals surface area (Å²) in [7, 11) is 0. The van der Waals surface area contributed by atoms with Gasteiger partial charge in [-0.05, 0) is 29.8 Å². The third-order valence-corrected chi connectivity index (χ3v) is 3.72. The Balaban J connectivity index is 1.51. The first kappa shape index (κ1) is 14.6. The fourth-order valence-electron chi connectivity index (χ4n) is 1.74. The maximum absolute atomic E-state index is 12.8. The Hall–Kier alpha value is -2.34. The second-order valence-electron chi connectivity index (χ2n) is 4.48. The number of para-hydroxylation sites is 1. The molecule has 0 bridgehead atoms. The van der Waals surface area contributed by atoms with Gasteiger partial charge in [0.25, 0.3) is 11.1 Å². The van der Waals surface area contributed by atoms with E-state index in [0.717, 1.165) is 11.3 Å². The third-order valence-electron chi connectivity index (χ3n) is 2.83. The topological polar surface area (TPSA) is 48.2 Å². The Bertz CT molecular complexity index is 717. The number of hydrogen-bond acceptors (Lipinski definition) is 5. The van der Waals surface area contributed by atoms with E-state index in [1.807, 2.05) is 30.3 Å². The Labute approximate surface area is 131 Å². The number of nitrogens with zero attached hydrogens (tertiary/aromatic N) is 2. The van der Waals surface area contributed by atoms with Crippen LogP contribution in [0.4, 0.5) is 4.39 Å². The second-order valence-corrected chi connectivity index (χ2v) is 5.41. The zero-order chi connectivity index (χ0) is 15.2. The highest BCUT2D eigenvalue weighted by molar-refractivity contribution is 7.98. The number of rotatable bonds is 6. The van der Waals surface area contributed by atoms with E-state index in [0.29, 0.717) is 16.9 Å². The molecule has 0 saturated carbocycles. The fourth-order valence-corrected chi connectivity index (χ4v) is 2.48. The summed E-state index contributed by atoms with van der Waals surface area (Å²) in [5.74, 6) is 1.57. The van der Waals surface area contributed by atoms with E-state index < -0.39 is 0 Å². The van der Waals surface area contributed by atoms with E-state index in [4.69, 9.17) is 9.15 Å². The highest BCUT2D eigenvalue weighted by Crippen LogP contribution is 2.22. The highest BCUT2D eigenvalue weighted by atomic mass is 32.2. The first-order valence-electron chi connectivity index (χ1n) is 6.67. The zero-order valence-electron chi connectivity index (χ0n) is 11.6. The second kappa shape index (κ2) is 7.09. The van der Waals surface area contributed by atoms with E-state index in [1.165, 1.54) is 23.9 Å². The largest absolute Gasteiger partial charge is 0.484 e. The van der Waals surface area contributed by atoms with E-state index >= 15 is 0 Å². The SMILES string of the molecule is Fc1ccc(CSc2nnc(COc3ccccc3)o2)cc1. The predicted molar refractivity (Wildman–Crippen MR) is 81.0 cm³/mol. The van der Waals surface area contributed by atoms with E-state index in [2.05, 4.69) is 10.2 Å². The van der Waals surface area contributed by atoms with Gasteiger partial charge in [-0.25, -0.2) is 4.39 Å². The first-order valence-corrected chi connectivity index (χ1v) is 7.65. The van der Waals surface area contributed by atoms with Crippen molar-refractivity contribution in [1.29, 1.82) is 0 Å². The summed E-state index contributed by atoms with van der Waals surface area (Å²) in [6.07, 6.45) is 0. The van der Waals surface area contributed by atoms with Crippen LogP contribution in [-0.4, -0.2) is 10.2 Å². The average Bonchev–Trinajstić information content (AvgIpc) is 3.01. The van der Waals surface area contributed by atoms with Gasteiger partial charge in [0.2, 0.25) is 0 Å². The fraction of sp³-hybridized carbons (Fsp3) is 0.125. The molecule has 0 amide bonds. The highest BCUT2D eigenvalue weighted by Gasteiger charge is 2.08. The van der Waals surface area contributed by atoms with Gasteiger partial charge in [-0.2, -0.15) is 0 Å². The van der Waals surface area contributed by atoms with Gasteiger partial charge >= 0.3 is 0 Å². The Morgan fingerprint density at radius 3 is 2.55 bits per heavy atom. The van der Waals surface area contributed by atoms with Gasteiger partial charge in [0, 0.05) is 5.75 Å². The van der Waals surface area contributed by atoms with Crippen molar-refractivity contribution in [2.75, 3.05) is 0 Å². The van der Waals surface area contributed by atoms with Gasteiger partial charge in [0.05, 0.1) is 0 Å². The van der Waals surface area contributed by atoms with Gasteiger partial charge in [-0.1, -0.05) is 42.1 Å². The van der Waals surface area contributed by atoms with Crippen LogP contribution in [0.2, 0.25) is 0 Å². The molecule has 0 N–H and O–H groups in total. The molecule has 0 atom stereocenters. The lowest BCUT2D eigenvalue weighted by atomic mass is 10.2. The summed E-state index contributed by atoms with van der Waals surface area (Å²) in [5, 5.41) is 8.36. The minimum Gasteiger partial charge on any atom is -0.484 e. The Morgan fingerprint density at radius 1 is 1.00 bits per heavy atom. The molecular formula is C16H13FN2O2S. The number of hydrogen-bond donors (Lipinski definition) is 0. The van der Waals surface area contributed by atoms with Crippen LogP contribution in [0.1, 0.15) is 11.5 Å². The molecule has 0 aliphatic carbocycles. The molecule has 0 spiro atoms. The molecule has 3 rings (SSSR count). The monoisotopic (exact) mass is 316 g/mol. The molecule has 112 valence electrons. The summed E-state index contributed by atoms with van der Waals surface area (Å²) >= 11 is 1.40. The Morgan fingerprint density at radius 2 is 1.77 bits per heavy atom. The summed E-state index contributed by atoms with van der Waals surface area (Å²) in [6.45, 7) is 0.230. The van der Waals surface area contributed by atoms with Crippen LogP contribution in [0, 0.1) is 5.82 Å². The van der Waals surface area contributed by atoms with Crippen molar-refractivity contribution in [3.63, 3.8) is 0 Å². The van der Waals surface area contributed by atoms with E-state index in [1.54, 1.807) is 12.1 Å². The molecule has 1 aromatic heterocycles. The van der Waals surface area contributed by atoms with Crippen LogP contribution >= 0.6 is 11.8 Å². The smallest absolute Gasteiger partial charge is 0.277 e. The van der Waals surface area contributed by atoms with Crippen LogP contribution in [0.25, 0.3) is 0 Å². The van der Waals surface area contributed by atoms with Crippen molar-refractivity contribution in [2.45, 2.75) is 17.6 Å². The Kier molecular flexibility index (Phi) is 4.70. The molecule has 4 nitrogen and oxygen atoms in total. The molecule has 0 aliphatic heterocycles. The normalized spacial score (nSPS) is 10.6. The van der Waals surface area contributed by atoms with Gasteiger partial charge in [0.1, 0.15) is 11.6 Å². The molecule has 2 aromatic carbocycles. The summed E-state index contributed by atoms with van der Waals surface area (Å²) in [4.78, 5) is 0. The molecular weight excluding hydrogens is 303 g/mol. The molecule has 0 unspecified atom stereocenters. The quantitative estimate of drug-likeness (QED) is 0.641. The first-order chi connectivity index (χ1) is 10.8. The van der Waals surface area contributed by atoms with Crippen molar-refractivity contribution >= 4 is 11.8 Å². The lowest BCUT2D eigenvalue weighted by molar-refractivity contribution is 0.252. The third kappa shape index (κ3) is 4.08.